The van der Waals surface area contributed by atoms with Crippen molar-refractivity contribution >= 4 is 11.5 Å². The number of aromatic amines is 1. The molecule has 0 unspecified atom stereocenters. The third kappa shape index (κ3) is 1.61. The number of nitrogens with one attached hydrogen (secondary N) is 1. The van der Waals surface area contributed by atoms with Crippen molar-refractivity contribution in [3.63, 3.8) is 0 Å². The lowest BCUT2D eigenvalue weighted by Gasteiger charge is -1.93. The molecule has 0 aromatic carbocycles. The van der Waals surface area contributed by atoms with Gasteiger partial charge in [0.05, 0.1) is 16.7 Å². The van der Waals surface area contributed by atoms with Crippen molar-refractivity contribution < 1.29 is 9.72 Å². The highest BCUT2D eigenvalue weighted by molar-refractivity contribution is 5.94. The Hall–Kier alpha value is -1.98. The fourth-order valence-corrected chi connectivity index (χ4v) is 0.870. The summed E-state index contributed by atoms with van der Waals surface area (Å²) in [5, 5.41) is 10.3. The number of nitro groups is 1. The first-order valence-electron chi connectivity index (χ1n) is 3.40. The highest BCUT2D eigenvalue weighted by Gasteiger charge is 2.16. The maximum atomic E-state index is 11.2. The van der Waals surface area contributed by atoms with Crippen LogP contribution in [-0.2, 0) is 0 Å². The van der Waals surface area contributed by atoms with Gasteiger partial charge in [0.25, 0.3) is 5.43 Å². The maximum absolute atomic E-state index is 11.2. The molecule has 6 nitrogen and oxygen atoms in total. The van der Waals surface area contributed by atoms with E-state index in [-0.39, 0.29) is 5.56 Å². The zero-order valence-electron chi connectivity index (χ0n) is 6.73. The molecule has 6 heteroatoms. The molecule has 1 heterocycles. The van der Waals surface area contributed by atoms with Gasteiger partial charge in [-0.2, -0.15) is 0 Å². The third-order valence-corrected chi connectivity index (χ3v) is 1.50. The Labute approximate surface area is 72.4 Å². The molecule has 1 aromatic heterocycles. The summed E-state index contributed by atoms with van der Waals surface area (Å²) >= 11 is 0. The van der Waals surface area contributed by atoms with Crippen molar-refractivity contribution in [3.05, 3.63) is 38.3 Å². The number of Topliss-reactive ketones (excluding diaryl/α,β-unsaturated/α-hetero) is 1. The van der Waals surface area contributed by atoms with E-state index in [2.05, 4.69) is 4.98 Å². The molecule has 0 aliphatic rings. The minimum atomic E-state index is -0.851. The van der Waals surface area contributed by atoms with Crippen LogP contribution in [0.4, 0.5) is 5.69 Å². The summed E-state index contributed by atoms with van der Waals surface area (Å²) in [5.74, 6) is -0.495. The molecule has 0 atom stereocenters. The van der Waals surface area contributed by atoms with Crippen LogP contribution in [0.1, 0.15) is 17.3 Å². The van der Waals surface area contributed by atoms with Crippen molar-refractivity contribution in [1.29, 1.82) is 0 Å². The molecular weight excluding hydrogens is 176 g/mol. The van der Waals surface area contributed by atoms with Gasteiger partial charge in [-0.3, -0.25) is 19.7 Å². The van der Waals surface area contributed by atoms with Crippen molar-refractivity contribution in [2.24, 2.45) is 0 Å². The van der Waals surface area contributed by atoms with Gasteiger partial charge in [0.2, 0.25) is 0 Å². The lowest BCUT2D eigenvalue weighted by Crippen LogP contribution is -2.16. The van der Waals surface area contributed by atoms with E-state index in [0.717, 1.165) is 12.4 Å². The number of carbonyl (C=O) groups is 1. The third-order valence-electron chi connectivity index (χ3n) is 1.50. The molecule has 1 N–H and O–H groups in total. The molecule has 0 spiro atoms. The van der Waals surface area contributed by atoms with Crippen LogP contribution in [0.5, 0.6) is 0 Å². The molecule has 0 fully saturated rings. The van der Waals surface area contributed by atoms with Crippen LogP contribution in [0.15, 0.2) is 17.2 Å². The Bertz CT molecular complexity index is 385. The van der Waals surface area contributed by atoms with Crippen LogP contribution >= 0.6 is 0 Å². The van der Waals surface area contributed by atoms with Gasteiger partial charge < -0.3 is 4.98 Å². The van der Waals surface area contributed by atoms with E-state index in [0.29, 0.717) is 0 Å². The molecule has 0 aliphatic heterocycles. The molecule has 0 bridgehead atoms. The van der Waals surface area contributed by atoms with E-state index in [4.69, 9.17) is 0 Å². The SMILES string of the molecule is CC(=O)c1c[nH]cc([N+](=O)[O-])c1=O. The van der Waals surface area contributed by atoms with Crippen molar-refractivity contribution in [2.75, 3.05) is 0 Å². The summed E-state index contributed by atoms with van der Waals surface area (Å²) in [6.45, 7) is 1.17. The van der Waals surface area contributed by atoms with E-state index in [1.165, 1.54) is 6.92 Å². The first-order valence-corrected chi connectivity index (χ1v) is 3.40. The van der Waals surface area contributed by atoms with Crippen molar-refractivity contribution in [2.45, 2.75) is 6.92 Å². The Morgan fingerprint density at radius 2 is 2.15 bits per heavy atom. The number of ketones is 1. The molecule has 0 saturated carbocycles. The molecule has 1 aromatic rings. The van der Waals surface area contributed by atoms with Gasteiger partial charge in [0.1, 0.15) is 0 Å². The van der Waals surface area contributed by atoms with Crippen LogP contribution in [0.25, 0.3) is 0 Å². The number of carbonyl (C=O) groups excluding carboxylic acids is 1. The van der Waals surface area contributed by atoms with Gasteiger partial charge in [-0.05, 0) is 6.92 Å². The molecular formula is C7H6N2O4. The van der Waals surface area contributed by atoms with Gasteiger partial charge in [-0.15, -0.1) is 0 Å². The lowest BCUT2D eigenvalue weighted by molar-refractivity contribution is -0.386. The van der Waals surface area contributed by atoms with Crippen LogP contribution in [0.3, 0.4) is 0 Å². The smallest absolute Gasteiger partial charge is 0.332 e. The summed E-state index contributed by atoms with van der Waals surface area (Å²) in [7, 11) is 0. The fraction of sp³-hybridized carbons (Fsp3) is 0.143. The zero-order chi connectivity index (χ0) is 10.0. The first-order chi connectivity index (χ1) is 6.04. The van der Waals surface area contributed by atoms with E-state index in [1.807, 2.05) is 0 Å². The van der Waals surface area contributed by atoms with Gasteiger partial charge in [0, 0.05) is 6.20 Å². The average molecular weight is 182 g/mol. The Balaban J connectivity index is 3.44. The lowest BCUT2D eigenvalue weighted by atomic mass is 10.2. The number of rotatable bonds is 2. The average Bonchev–Trinajstić information content (AvgIpc) is 2.03. The molecule has 0 amide bonds. The van der Waals surface area contributed by atoms with Crippen molar-refractivity contribution in [1.82, 2.24) is 4.98 Å². The molecule has 0 radical (unpaired) electrons. The van der Waals surface area contributed by atoms with E-state index in [9.17, 15) is 19.7 Å². The summed E-state index contributed by atoms with van der Waals surface area (Å²) in [4.78, 5) is 33.8. The molecule has 1 rings (SSSR count). The largest absolute Gasteiger partial charge is 0.361 e. The minimum absolute atomic E-state index is 0.200. The highest BCUT2D eigenvalue weighted by Crippen LogP contribution is 2.02. The fourth-order valence-electron chi connectivity index (χ4n) is 0.870. The van der Waals surface area contributed by atoms with Crippen LogP contribution in [0.2, 0.25) is 0 Å². The topological polar surface area (TPSA) is 93.1 Å². The summed E-state index contributed by atoms with van der Waals surface area (Å²) in [6.07, 6.45) is 2.10. The van der Waals surface area contributed by atoms with Crippen LogP contribution in [-0.4, -0.2) is 15.7 Å². The number of pyridine rings is 1. The van der Waals surface area contributed by atoms with E-state index in [1.54, 1.807) is 0 Å². The number of nitrogens with zero attached hydrogens (tertiary/aromatic N) is 1. The predicted molar refractivity (Wildman–Crippen MR) is 43.7 cm³/mol. The molecule has 0 saturated heterocycles. The van der Waals surface area contributed by atoms with Gasteiger partial charge in [-0.1, -0.05) is 0 Å². The first kappa shape index (κ1) is 9.11. The highest BCUT2D eigenvalue weighted by atomic mass is 16.6. The second kappa shape index (κ2) is 3.18. The zero-order valence-corrected chi connectivity index (χ0v) is 6.73. The number of hydrogen-bond donors (Lipinski definition) is 1. The molecule has 13 heavy (non-hydrogen) atoms. The van der Waals surface area contributed by atoms with Gasteiger partial charge in [-0.25, -0.2) is 0 Å². The second-order valence-electron chi connectivity index (χ2n) is 2.40. The predicted octanol–water partition coefficient (Wildman–Crippen LogP) is 0.486. The molecule has 68 valence electrons. The van der Waals surface area contributed by atoms with Gasteiger partial charge >= 0.3 is 5.69 Å². The summed E-state index contributed by atoms with van der Waals surface area (Å²) in [6, 6.07) is 0. The van der Waals surface area contributed by atoms with Crippen LogP contribution in [0, 0.1) is 10.1 Å². The summed E-state index contributed by atoms with van der Waals surface area (Å²) in [5.41, 5.74) is -1.67. The quantitative estimate of drug-likeness (QED) is 0.409. The monoisotopic (exact) mass is 182 g/mol. The maximum Gasteiger partial charge on any atom is 0.332 e. The minimum Gasteiger partial charge on any atom is -0.361 e. The number of hydrogen-bond acceptors (Lipinski definition) is 4. The number of H-pyrrole nitrogens is 1. The van der Waals surface area contributed by atoms with Gasteiger partial charge in [0.15, 0.2) is 5.78 Å². The standard InChI is InChI=1S/C7H6N2O4/c1-4(10)5-2-8-3-6(7(5)11)9(12)13/h2-3H,1H3,(H,8,11). The second-order valence-corrected chi connectivity index (χ2v) is 2.40. The van der Waals surface area contributed by atoms with Crippen LogP contribution < -0.4 is 5.43 Å². The van der Waals surface area contributed by atoms with E-state index >= 15 is 0 Å². The van der Waals surface area contributed by atoms with E-state index < -0.39 is 21.8 Å². The Kier molecular flexibility index (Phi) is 2.23. The Morgan fingerprint density at radius 3 is 2.62 bits per heavy atom. The molecule has 0 aliphatic carbocycles. The van der Waals surface area contributed by atoms with Crippen molar-refractivity contribution in [3.8, 4) is 0 Å². The Morgan fingerprint density at radius 1 is 1.54 bits per heavy atom. The summed E-state index contributed by atoms with van der Waals surface area (Å²) < 4.78 is 0. The number of aromatic nitrogens is 1. The normalized spacial score (nSPS) is 9.62.